The number of hydrogen-bond acceptors (Lipinski definition) is 3. The zero-order chi connectivity index (χ0) is 10.2. The molecule has 1 saturated carbocycles. The van der Waals surface area contributed by atoms with Gasteiger partial charge in [0, 0.05) is 0 Å². The maximum absolute atomic E-state index is 5.65. The smallest absolute Gasteiger partial charge is 0.282 e. The van der Waals surface area contributed by atoms with Gasteiger partial charge in [0.1, 0.15) is 5.60 Å². The molecule has 2 rings (SSSR count). The van der Waals surface area contributed by atoms with Crippen molar-refractivity contribution in [2.45, 2.75) is 45.1 Å². The van der Waals surface area contributed by atoms with Gasteiger partial charge in [-0.1, -0.05) is 13.8 Å². The molecule has 0 bridgehead atoms. The Morgan fingerprint density at radius 3 is 2.50 bits per heavy atom. The molecule has 0 aromatic carbocycles. The van der Waals surface area contributed by atoms with E-state index >= 15 is 0 Å². The second kappa shape index (κ2) is 3.44. The summed E-state index contributed by atoms with van der Waals surface area (Å²) >= 11 is 0. The lowest BCUT2D eigenvalue weighted by Crippen LogP contribution is -2.39. The van der Waals surface area contributed by atoms with Gasteiger partial charge in [0.15, 0.2) is 0 Å². The second-order valence-electron chi connectivity index (χ2n) is 5.02. The van der Waals surface area contributed by atoms with E-state index in [2.05, 4.69) is 18.8 Å². The summed E-state index contributed by atoms with van der Waals surface area (Å²) in [6.45, 7) is 5.40. The van der Waals surface area contributed by atoms with Crippen LogP contribution >= 0.6 is 0 Å². The highest BCUT2D eigenvalue weighted by molar-refractivity contribution is 5.73. The first-order valence-corrected chi connectivity index (χ1v) is 5.60. The molecule has 2 aliphatic rings. The molecule has 0 saturated heterocycles. The van der Waals surface area contributed by atoms with Gasteiger partial charge in [-0.25, -0.2) is 4.99 Å². The first-order valence-electron chi connectivity index (χ1n) is 5.60. The summed E-state index contributed by atoms with van der Waals surface area (Å²) in [6.07, 6.45) is 4.78. The molecule has 1 heterocycles. The monoisotopic (exact) mass is 196 g/mol. The van der Waals surface area contributed by atoms with Gasteiger partial charge in [-0.3, -0.25) is 0 Å². The summed E-state index contributed by atoms with van der Waals surface area (Å²) in [7, 11) is 0. The van der Waals surface area contributed by atoms with Crippen LogP contribution in [-0.2, 0) is 4.74 Å². The van der Waals surface area contributed by atoms with Crippen LogP contribution in [0.4, 0.5) is 0 Å². The predicted molar refractivity (Wildman–Crippen MR) is 57.1 cm³/mol. The molecule has 3 nitrogen and oxygen atoms in total. The van der Waals surface area contributed by atoms with Crippen LogP contribution in [0.5, 0.6) is 0 Å². The minimum absolute atomic E-state index is 0.0184. The lowest BCUT2D eigenvalue weighted by atomic mass is 9.74. The fourth-order valence-electron chi connectivity index (χ4n) is 2.60. The van der Waals surface area contributed by atoms with Crippen LogP contribution in [0.3, 0.4) is 0 Å². The number of ether oxygens (including phenoxy) is 1. The normalized spacial score (nSPS) is 37.4. The fraction of sp³-hybridized carbons (Fsp3) is 0.909. The van der Waals surface area contributed by atoms with E-state index in [1.807, 2.05) is 0 Å². The Hall–Kier alpha value is -0.730. The van der Waals surface area contributed by atoms with Crippen LogP contribution in [0.1, 0.15) is 39.5 Å². The highest BCUT2D eigenvalue weighted by atomic mass is 16.5. The molecule has 80 valence electrons. The molecule has 1 fully saturated rings. The molecule has 2 N–H and O–H groups in total. The zero-order valence-electron chi connectivity index (χ0n) is 9.12. The molecule has 0 aromatic rings. The Bertz CT molecular complexity index is 240. The first kappa shape index (κ1) is 9.81. The van der Waals surface area contributed by atoms with Crippen molar-refractivity contribution in [3.63, 3.8) is 0 Å². The number of aliphatic imine (C=N–C) groups is 1. The third-order valence-electron chi connectivity index (χ3n) is 3.73. The average Bonchev–Trinajstić information content (AvgIpc) is 2.48. The molecule has 0 amide bonds. The summed E-state index contributed by atoms with van der Waals surface area (Å²) in [5.74, 6) is 1.66. The summed E-state index contributed by atoms with van der Waals surface area (Å²) in [5, 5.41) is 0. The molecule has 1 spiro atoms. The number of hydrogen-bond donors (Lipinski definition) is 1. The van der Waals surface area contributed by atoms with Gasteiger partial charge < -0.3 is 10.5 Å². The fourth-order valence-corrected chi connectivity index (χ4v) is 2.60. The number of rotatable bonds is 1. The van der Waals surface area contributed by atoms with Crippen molar-refractivity contribution >= 4 is 6.02 Å². The Labute approximate surface area is 85.7 Å². The molecule has 1 aliphatic carbocycles. The van der Waals surface area contributed by atoms with Crippen molar-refractivity contribution in [2.75, 3.05) is 6.54 Å². The van der Waals surface area contributed by atoms with Gasteiger partial charge in [-0.15, -0.1) is 0 Å². The highest BCUT2D eigenvalue weighted by Gasteiger charge is 2.41. The van der Waals surface area contributed by atoms with E-state index in [0.717, 1.165) is 31.2 Å². The Kier molecular flexibility index (Phi) is 2.41. The molecule has 0 atom stereocenters. The summed E-state index contributed by atoms with van der Waals surface area (Å²) in [5.41, 5.74) is 5.54. The first-order chi connectivity index (χ1) is 6.61. The molecular weight excluding hydrogens is 176 g/mol. The molecule has 14 heavy (non-hydrogen) atoms. The van der Waals surface area contributed by atoms with E-state index in [1.165, 1.54) is 12.8 Å². The Morgan fingerprint density at radius 1 is 1.43 bits per heavy atom. The van der Waals surface area contributed by atoms with E-state index in [1.54, 1.807) is 0 Å². The zero-order valence-corrected chi connectivity index (χ0v) is 9.12. The summed E-state index contributed by atoms with van der Waals surface area (Å²) in [4.78, 5) is 4.16. The van der Waals surface area contributed by atoms with Crippen molar-refractivity contribution < 1.29 is 4.74 Å². The Balaban J connectivity index is 1.90. The van der Waals surface area contributed by atoms with E-state index in [9.17, 15) is 0 Å². The lowest BCUT2D eigenvalue weighted by molar-refractivity contribution is 0.0218. The van der Waals surface area contributed by atoms with E-state index < -0.39 is 0 Å². The van der Waals surface area contributed by atoms with Crippen LogP contribution in [0.15, 0.2) is 4.99 Å². The minimum Gasteiger partial charge on any atom is -0.457 e. The SMILES string of the molecule is CC(C)C1CCC2(CC1)CN=C(N)O2. The molecule has 0 aromatic heterocycles. The lowest BCUT2D eigenvalue weighted by Gasteiger charge is -2.37. The second-order valence-corrected chi connectivity index (χ2v) is 5.02. The maximum Gasteiger partial charge on any atom is 0.282 e. The van der Waals surface area contributed by atoms with Crippen LogP contribution in [0.25, 0.3) is 0 Å². The quantitative estimate of drug-likeness (QED) is 0.696. The van der Waals surface area contributed by atoms with Crippen molar-refractivity contribution in [1.29, 1.82) is 0 Å². The van der Waals surface area contributed by atoms with Gasteiger partial charge in [0.05, 0.1) is 6.54 Å². The third-order valence-corrected chi connectivity index (χ3v) is 3.73. The van der Waals surface area contributed by atoms with Crippen molar-refractivity contribution in [3.05, 3.63) is 0 Å². The van der Waals surface area contributed by atoms with Gasteiger partial charge in [-0.2, -0.15) is 0 Å². The highest BCUT2D eigenvalue weighted by Crippen LogP contribution is 2.39. The van der Waals surface area contributed by atoms with Crippen molar-refractivity contribution in [1.82, 2.24) is 0 Å². The van der Waals surface area contributed by atoms with Gasteiger partial charge in [-0.05, 0) is 37.5 Å². The van der Waals surface area contributed by atoms with Gasteiger partial charge in [0.2, 0.25) is 0 Å². The van der Waals surface area contributed by atoms with E-state index in [0.29, 0.717) is 6.02 Å². The van der Waals surface area contributed by atoms with Crippen LogP contribution < -0.4 is 5.73 Å². The van der Waals surface area contributed by atoms with Gasteiger partial charge >= 0.3 is 0 Å². The van der Waals surface area contributed by atoms with Crippen molar-refractivity contribution in [3.8, 4) is 0 Å². The van der Waals surface area contributed by atoms with Crippen molar-refractivity contribution in [2.24, 2.45) is 22.6 Å². The molecular formula is C11H20N2O. The van der Waals surface area contributed by atoms with Crippen LogP contribution in [-0.4, -0.2) is 18.2 Å². The molecule has 0 radical (unpaired) electrons. The topological polar surface area (TPSA) is 47.6 Å². The minimum atomic E-state index is -0.0184. The molecule has 1 aliphatic heterocycles. The van der Waals surface area contributed by atoms with E-state index in [4.69, 9.17) is 10.5 Å². The standard InChI is InChI=1S/C11H20N2O/c1-8(2)9-3-5-11(6-4-9)7-13-10(12)14-11/h8-9H,3-7H2,1-2H3,(H2,12,13). The summed E-state index contributed by atoms with van der Waals surface area (Å²) in [6, 6.07) is 0.396. The number of nitrogens with zero attached hydrogens (tertiary/aromatic N) is 1. The predicted octanol–water partition coefficient (Wildman–Crippen LogP) is 1.92. The number of nitrogens with two attached hydrogens (primary N) is 1. The average molecular weight is 196 g/mol. The summed E-state index contributed by atoms with van der Waals surface area (Å²) < 4.78 is 5.65. The van der Waals surface area contributed by atoms with E-state index in [-0.39, 0.29) is 5.60 Å². The van der Waals surface area contributed by atoms with Gasteiger partial charge in [0.25, 0.3) is 6.02 Å². The van der Waals surface area contributed by atoms with Crippen LogP contribution in [0, 0.1) is 11.8 Å². The molecule has 3 heteroatoms. The maximum atomic E-state index is 5.65. The largest absolute Gasteiger partial charge is 0.457 e. The number of amidine groups is 1. The third kappa shape index (κ3) is 1.72. The molecule has 0 unspecified atom stereocenters. The Morgan fingerprint density at radius 2 is 2.07 bits per heavy atom. The van der Waals surface area contributed by atoms with Crippen LogP contribution in [0.2, 0.25) is 0 Å².